The number of aliphatic carboxylic acids is 1. The molecule has 0 spiro atoms. The predicted molar refractivity (Wildman–Crippen MR) is 101 cm³/mol. The van der Waals surface area contributed by atoms with Crippen molar-refractivity contribution in [3.8, 4) is 0 Å². The van der Waals surface area contributed by atoms with Gasteiger partial charge < -0.3 is 10.0 Å². The van der Waals surface area contributed by atoms with Gasteiger partial charge in [0, 0.05) is 32.2 Å². The fraction of sp³-hybridized carbons (Fsp3) is 0.889. The number of rotatable bonds is 6. The molecule has 0 aromatic heterocycles. The van der Waals surface area contributed by atoms with Crippen LogP contribution in [0.2, 0.25) is 0 Å². The third-order valence-corrected chi connectivity index (χ3v) is 5.58. The minimum Gasteiger partial charge on any atom is -0.480 e. The summed E-state index contributed by atoms with van der Waals surface area (Å²) in [6.45, 7) is 8.48. The molecule has 0 bridgehead atoms. The minimum absolute atomic E-state index is 0. The highest BCUT2D eigenvalue weighted by atomic mass is 35.5. The summed E-state index contributed by atoms with van der Waals surface area (Å²) >= 11 is 0. The van der Waals surface area contributed by atoms with E-state index in [1.54, 1.807) is 0 Å². The summed E-state index contributed by atoms with van der Waals surface area (Å²) in [5.74, 6) is -0.489. The van der Waals surface area contributed by atoms with Crippen LogP contribution in [0.5, 0.6) is 0 Å². The number of likely N-dealkylation sites (tertiary alicyclic amines) is 2. The van der Waals surface area contributed by atoms with Crippen LogP contribution in [-0.4, -0.2) is 83.0 Å². The molecule has 2 rings (SSSR count). The highest BCUT2D eigenvalue weighted by Crippen LogP contribution is 2.20. The lowest BCUT2D eigenvalue weighted by Gasteiger charge is -2.40. The van der Waals surface area contributed by atoms with Gasteiger partial charge in [-0.3, -0.25) is 19.4 Å². The average Bonchev–Trinajstić information content (AvgIpc) is 2.87. The highest BCUT2D eigenvalue weighted by Gasteiger charge is 2.31. The standard InChI is InChI=1S/C18H33N3O3.ClH/c1-3-19(14-17(22)23)16-8-12-20(13-9-16)15(2)18(24)21-10-6-4-5-7-11-21;/h15-16H,3-14H2,1-2H3,(H,22,23);1H. The van der Waals surface area contributed by atoms with Gasteiger partial charge in [0.15, 0.2) is 0 Å². The van der Waals surface area contributed by atoms with Crippen LogP contribution >= 0.6 is 12.4 Å². The van der Waals surface area contributed by atoms with Crippen molar-refractivity contribution in [1.82, 2.24) is 14.7 Å². The second-order valence-corrected chi connectivity index (χ2v) is 7.14. The number of carbonyl (C=O) groups is 2. The van der Waals surface area contributed by atoms with Crippen LogP contribution in [-0.2, 0) is 9.59 Å². The monoisotopic (exact) mass is 375 g/mol. The number of nitrogens with zero attached hydrogens (tertiary/aromatic N) is 3. The first-order chi connectivity index (χ1) is 11.5. The van der Waals surface area contributed by atoms with Gasteiger partial charge in [0.05, 0.1) is 12.6 Å². The number of amides is 1. The zero-order chi connectivity index (χ0) is 17.5. The molecule has 2 aliphatic rings. The number of hydrogen-bond donors (Lipinski definition) is 1. The number of carbonyl (C=O) groups excluding carboxylic acids is 1. The Bertz CT molecular complexity index is 420. The van der Waals surface area contributed by atoms with E-state index in [0.29, 0.717) is 6.04 Å². The maximum Gasteiger partial charge on any atom is 0.317 e. The molecule has 0 aliphatic carbocycles. The van der Waals surface area contributed by atoms with Crippen LogP contribution in [0.15, 0.2) is 0 Å². The Kier molecular flexibility index (Phi) is 9.75. The van der Waals surface area contributed by atoms with Crippen molar-refractivity contribution in [2.45, 2.75) is 64.5 Å². The van der Waals surface area contributed by atoms with Crippen molar-refractivity contribution in [3.05, 3.63) is 0 Å². The van der Waals surface area contributed by atoms with Crippen molar-refractivity contribution >= 4 is 24.3 Å². The first-order valence-electron chi connectivity index (χ1n) is 9.51. The molecule has 2 aliphatic heterocycles. The van der Waals surface area contributed by atoms with Crippen LogP contribution in [0, 0.1) is 0 Å². The molecular weight excluding hydrogens is 342 g/mol. The fourth-order valence-corrected chi connectivity index (χ4v) is 4.02. The van der Waals surface area contributed by atoms with E-state index in [1.165, 1.54) is 12.8 Å². The Morgan fingerprint density at radius 3 is 2.12 bits per heavy atom. The Hall–Kier alpha value is -0.850. The molecule has 0 radical (unpaired) electrons. The molecule has 0 aromatic rings. The maximum atomic E-state index is 12.8. The van der Waals surface area contributed by atoms with Gasteiger partial charge in [-0.15, -0.1) is 12.4 Å². The van der Waals surface area contributed by atoms with Crippen molar-refractivity contribution in [3.63, 3.8) is 0 Å². The zero-order valence-corrected chi connectivity index (χ0v) is 16.5. The van der Waals surface area contributed by atoms with Crippen LogP contribution in [0.25, 0.3) is 0 Å². The van der Waals surface area contributed by atoms with Gasteiger partial charge in [-0.1, -0.05) is 19.8 Å². The molecular formula is C18H34ClN3O3. The molecule has 1 atom stereocenters. The molecule has 2 fully saturated rings. The van der Waals surface area contributed by atoms with Gasteiger partial charge in [-0.05, 0) is 39.2 Å². The first kappa shape index (κ1) is 22.2. The number of carboxylic acids is 1. The lowest BCUT2D eigenvalue weighted by atomic mass is 10.0. The van der Waals surface area contributed by atoms with Crippen LogP contribution in [0.4, 0.5) is 0 Å². The summed E-state index contributed by atoms with van der Waals surface area (Å²) in [5, 5.41) is 9.02. The Labute approximate surface area is 157 Å². The predicted octanol–water partition coefficient (Wildman–Crippen LogP) is 2.07. The van der Waals surface area contributed by atoms with Gasteiger partial charge in [-0.25, -0.2) is 0 Å². The zero-order valence-electron chi connectivity index (χ0n) is 15.7. The third-order valence-electron chi connectivity index (χ3n) is 5.58. The second-order valence-electron chi connectivity index (χ2n) is 7.14. The smallest absolute Gasteiger partial charge is 0.317 e. The summed E-state index contributed by atoms with van der Waals surface area (Å²) in [7, 11) is 0. The van der Waals surface area contributed by atoms with Gasteiger partial charge in [0.2, 0.25) is 5.91 Å². The fourth-order valence-electron chi connectivity index (χ4n) is 4.02. The Morgan fingerprint density at radius 1 is 1.08 bits per heavy atom. The van der Waals surface area contributed by atoms with Gasteiger partial charge >= 0.3 is 5.97 Å². The van der Waals surface area contributed by atoms with E-state index < -0.39 is 5.97 Å². The summed E-state index contributed by atoms with van der Waals surface area (Å²) in [6, 6.07) is 0.265. The summed E-state index contributed by atoms with van der Waals surface area (Å²) in [5.41, 5.74) is 0. The summed E-state index contributed by atoms with van der Waals surface area (Å²) in [6.07, 6.45) is 6.61. The third kappa shape index (κ3) is 6.42. The van der Waals surface area contributed by atoms with Crippen molar-refractivity contribution < 1.29 is 14.7 Å². The van der Waals surface area contributed by atoms with Gasteiger partial charge in [-0.2, -0.15) is 0 Å². The molecule has 25 heavy (non-hydrogen) atoms. The van der Waals surface area contributed by atoms with E-state index >= 15 is 0 Å². The number of hydrogen-bond acceptors (Lipinski definition) is 4. The topological polar surface area (TPSA) is 64.1 Å². The number of halogens is 1. The normalized spacial score (nSPS) is 21.5. The molecule has 7 heteroatoms. The Morgan fingerprint density at radius 2 is 1.64 bits per heavy atom. The maximum absolute atomic E-state index is 12.8. The molecule has 146 valence electrons. The molecule has 1 unspecified atom stereocenters. The van der Waals surface area contributed by atoms with Gasteiger partial charge in [0.25, 0.3) is 0 Å². The van der Waals surface area contributed by atoms with Crippen molar-refractivity contribution in [2.75, 3.05) is 39.3 Å². The van der Waals surface area contributed by atoms with E-state index in [4.69, 9.17) is 5.11 Å². The second kappa shape index (κ2) is 11.0. The lowest BCUT2D eigenvalue weighted by Crippen LogP contribution is -2.53. The first-order valence-corrected chi connectivity index (χ1v) is 9.51. The van der Waals surface area contributed by atoms with E-state index in [2.05, 4.69) is 4.90 Å². The van der Waals surface area contributed by atoms with E-state index in [9.17, 15) is 9.59 Å². The minimum atomic E-state index is -0.760. The van der Waals surface area contributed by atoms with Crippen LogP contribution < -0.4 is 0 Å². The van der Waals surface area contributed by atoms with Gasteiger partial charge in [0.1, 0.15) is 0 Å². The van der Waals surface area contributed by atoms with Crippen LogP contribution in [0.1, 0.15) is 52.4 Å². The molecule has 1 N–H and O–H groups in total. The van der Waals surface area contributed by atoms with Crippen molar-refractivity contribution in [2.24, 2.45) is 0 Å². The van der Waals surface area contributed by atoms with E-state index in [0.717, 1.165) is 58.4 Å². The number of carboxylic acid groups (broad SMARTS) is 1. The quantitative estimate of drug-likeness (QED) is 0.769. The lowest BCUT2D eigenvalue weighted by molar-refractivity contribution is -0.139. The van der Waals surface area contributed by atoms with E-state index in [-0.39, 0.29) is 30.9 Å². The van der Waals surface area contributed by atoms with Crippen LogP contribution in [0.3, 0.4) is 0 Å². The largest absolute Gasteiger partial charge is 0.480 e. The molecule has 0 aromatic carbocycles. The summed E-state index contributed by atoms with van der Waals surface area (Å²) in [4.78, 5) is 30.1. The average molecular weight is 376 g/mol. The molecule has 2 saturated heterocycles. The van der Waals surface area contributed by atoms with Crippen molar-refractivity contribution in [1.29, 1.82) is 0 Å². The van der Waals surface area contributed by atoms with E-state index in [1.807, 2.05) is 23.6 Å². The molecule has 6 nitrogen and oxygen atoms in total. The molecule has 0 saturated carbocycles. The molecule has 1 amide bonds. The summed E-state index contributed by atoms with van der Waals surface area (Å²) < 4.78 is 0. The number of piperidine rings is 1. The molecule has 2 heterocycles. The highest BCUT2D eigenvalue weighted by molar-refractivity contribution is 5.85. The number of likely N-dealkylation sites (N-methyl/N-ethyl adjacent to an activating group) is 1. The Balaban J connectivity index is 0.00000312. The SMILES string of the molecule is CCN(CC(=O)O)C1CCN(C(C)C(=O)N2CCCCCC2)CC1.Cl.